The van der Waals surface area contributed by atoms with Crippen LogP contribution in [0, 0.1) is 0 Å². The molecule has 0 N–H and O–H groups in total. The summed E-state index contributed by atoms with van der Waals surface area (Å²) < 4.78 is 16.1. The van der Waals surface area contributed by atoms with E-state index in [1.807, 2.05) is 24.3 Å². The first-order chi connectivity index (χ1) is 13.7. The average molecular weight is 384 g/mol. The van der Waals surface area contributed by atoms with Crippen LogP contribution >= 0.6 is 0 Å². The molecule has 3 rings (SSSR count). The minimum atomic E-state index is -0.335. The highest BCUT2D eigenvalue weighted by atomic mass is 16.5. The van der Waals surface area contributed by atoms with E-state index in [0.717, 1.165) is 50.6 Å². The first-order valence-electron chi connectivity index (χ1n) is 9.63. The maximum absolute atomic E-state index is 12.2. The maximum atomic E-state index is 12.2. The number of hydrogen-bond donors (Lipinski definition) is 0. The van der Waals surface area contributed by atoms with Gasteiger partial charge in [0.05, 0.1) is 26.5 Å². The largest absolute Gasteiger partial charge is 0.496 e. The first kappa shape index (κ1) is 20.0. The third-order valence-corrected chi connectivity index (χ3v) is 4.98. The summed E-state index contributed by atoms with van der Waals surface area (Å²) in [6, 6.07) is 15.3. The molecule has 1 saturated heterocycles. The minimum Gasteiger partial charge on any atom is -0.496 e. The lowest BCUT2D eigenvalue weighted by Crippen LogP contribution is -2.46. The zero-order valence-electron chi connectivity index (χ0n) is 16.6. The monoisotopic (exact) mass is 384 g/mol. The van der Waals surface area contributed by atoms with Crippen LogP contribution in [-0.2, 0) is 4.74 Å². The van der Waals surface area contributed by atoms with E-state index < -0.39 is 0 Å². The Morgan fingerprint density at radius 1 is 0.893 bits per heavy atom. The van der Waals surface area contributed by atoms with E-state index in [-0.39, 0.29) is 5.97 Å². The van der Waals surface area contributed by atoms with Crippen LogP contribution in [0.15, 0.2) is 48.5 Å². The fourth-order valence-corrected chi connectivity index (χ4v) is 3.45. The van der Waals surface area contributed by atoms with E-state index in [1.54, 1.807) is 32.4 Å². The van der Waals surface area contributed by atoms with E-state index in [1.165, 1.54) is 0 Å². The molecule has 0 bridgehead atoms. The van der Waals surface area contributed by atoms with E-state index in [2.05, 4.69) is 15.9 Å². The summed E-state index contributed by atoms with van der Waals surface area (Å²) in [6.07, 6.45) is 0.815. The molecule has 0 saturated carbocycles. The molecule has 0 spiro atoms. The molecule has 0 amide bonds. The number of nitrogens with zero attached hydrogens (tertiary/aromatic N) is 2. The number of benzene rings is 2. The van der Waals surface area contributed by atoms with Crippen molar-refractivity contribution >= 4 is 11.7 Å². The molecule has 150 valence electrons. The predicted octanol–water partition coefficient (Wildman–Crippen LogP) is 3.07. The Morgan fingerprint density at radius 3 is 2.25 bits per heavy atom. The predicted molar refractivity (Wildman–Crippen MR) is 110 cm³/mol. The Labute approximate surface area is 166 Å². The van der Waals surface area contributed by atoms with Gasteiger partial charge in [-0.1, -0.05) is 24.3 Å². The lowest BCUT2D eigenvalue weighted by molar-refractivity contribution is 0.0484. The number of anilines is 1. The molecular formula is C22H28N2O4. The molecule has 0 atom stereocenters. The van der Waals surface area contributed by atoms with Gasteiger partial charge in [0, 0.05) is 32.7 Å². The van der Waals surface area contributed by atoms with Gasteiger partial charge in [0.1, 0.15) is 17.1 Å². The van der Waals surface area contributed by atoms with Gasteiger partial charge in [-0.05, 0) is 30.7 Å². The van der Waals surface area contributed by atoms with Crippen LogP contribution in [0.3, 0.4) is 0 Å². The molecule has 0 unspecified atom stereocenters. The van der Waals surface area contributed by atoms with Gasteiger partial charge < -0.3 is 19.1 Å². The Kier molecular flexibility index (Phi) is 7.14. The quantitative estimate of drug-likeness (QED) is 0.515. The number of carbonyl (C=O) groups excluding carboxylic acids is 1. The molecule has 1 aliphatic rings. The SMILES string of the molecule is COc1ccccc1C(=O)OCCCN1CCN(c2ccccc2OC)CC1. The van der Waals surface area contributed by atoms with Crippen molar-refractivity contribution in [2.24, 2.45) is 0 Å². The zero-order valence-corrected chi connectivity index (χ0v) is 16.6. The van der Waals surface area contributed by atoms with Crippen LogP contribution in [0.4, 0.5) is 5.69 Å². The molecular weight excluding hydrogens is 356 g/mol. The van der Waals surface area contributed by atoms with Crippen LogP contribution in [-0.4, -0.2) is 64.4 Å². The summed E-state index contributed by atoms with van der Waals surface area (Å²) in [5.41, 5.74) is 1.62. The van der Waals surface area contributed by atoms with Crippen molar-refractivity contribution in [3.05, 3.63) is 54.1 Å². The molecule has 0 aliphatic carbocycles. The second kappa shape index (κ2) is 9.99. The van der Waals surface area contributed by atoms with Crippen molar-refractivity contribution in [3.8, 4) is 11.5 Å². The number of rotatable bonds is 8. The number of methoxy groups -OCH3 is 2. The third kappa shape index (κ3) is 4.95. The van der Waals surface area contributed by atoms with Crippen molar-refractivity contribution in [2.45, 2.75) is 6.42 Å². The van der Waals surface area contributed by atoms with Gasteiger partial charge in [0.15, 0.2) is 0 Å². The van der Waals surface area contributed by atoms with Crippen molar-refractivity contribution in [1.82, 2.24) is 4.90 Å². The van der Waals surface area contributed by atoms with Gasteiger partial charge >= 0.3 is 5.97 Å². The number of esters is 1. The van der Waals surface area contributed by atoms with Crippen LogP contribution in [0.5, 0.6) is 11.5 Å². The van der Waals surface area contributed by atoms with Gasteiger partial charge in [-0.25, -0.2) is 4.79 Å². The van der Waals surface area contributed by atoms with E-state index >= 15 is 0 Å². The highest BCUT2D eigenvalue weighted by Crippen LogP contribution is 2.28. The van der Waals surface area contributed by atoms with Gasteiger partial charge in [0.25, 0.3) is 0 Å². The summed E-state index contributed by atoms with van der Waals surface area (Å²) >= 11 is 0. The lowest BCUT2D eigenvalue weighted by atomic mass is 10.2. The molecule has 28 heavy (non-hydrogen) atoms. The zero-order chi connectivity index (χ0) is 19.8. The fraction of sp³-hybridized carbons (Fsp3) is 0.409. The number of ether oxygens (including phenoxy) is 3. The number of hydrogen-bond acceptors (Lipinski definition) is 6. The normalized spacial score (nSPS) is 14.6. The summed E-state index contributed by atoms with van der Waals surface area (Å²) in [4.78, 5) is 17.0. The number of piperazine rings is 1. The van der Waals surface area contributed by atoms with Crippen molar-refractivity contribution in [1.29, 1.82) is 0 Å². The van der Waals surface area contributed by atoms with Crippen molar-refractivity contribution < 1.29 is 19.0 Å². The molecule has 6 nitrogen and oxygen atoms in total. The lowest BCUT2D eigenvalue weighted by Gasteiger charge is -2.36. The summed E-state index contributed by atoms with van der Waals surface area (Å²) in [5, 5.41) is 0. The number of carbonyl (C=O) groups is 1. The van der Waals surface area contributed by atoms with Crippen LogP contribution in [0.2, 0.25) is 0 Å². The second-order valence-electron chi connectivity index (χ2n) is 6.69. The number of para-hydroxylation sites is 3. The van der Waals surface area contributed by atoms with Crippen molar-refractivity contribution in [3.63, 3.8) is 0 Å². The summed E-state index contributed by atoms with van der Waals surface area (Å²) in [5.74, 6) is 1.12. The van der Waals surface area contributed by atoms with E-state index in [9.17, 15) is 4.79 Å². The van der Waals surface area contributed by atoms with Crippen LogP contribution in [0.25, 0.3) is 0 Å². The van der Waals surface area contributed by atoms with E-state index in [0.29, 0.717) is 17.9 Å². The molecule has 2 aromatic rings. The standard InChI is InChI=1S/C22H28N2O4/c1-26-20-10-5-3-8-18(20)22(25)28-17-7-12-23-13-15-24(16-14-23)19-9-4-6-11-21(19)27-2/h3-6,8-11H,7,12-17H2,1-2H3. The first-order valence-corrected chi connectivity index (χ1v) is 9.63. The fourth-order valence-electron chi connectivity index (χ4n) is 3.45. The Bertz CT molecular complexity index is 773. The Balaban J connectivity index is 1.39. The van der Waals surface area contributed by atoms with Crippen LogP contribution < -0.4 is 14.4 Å². The van der Waals surface area contributed by atoms with Gasteiger partial charge in [0.2, 0.25) is 0 Å². The average Bonchev–Trinajstić information content (AvgIpc) is 2.77. The highest BCUT2D eigenvalue weighted by molar-refractivity contribution is 5.92. The molecule has 1 fully saturated rings. The van der Waals surface area contributed by atoms with Gasteiger partial charge in [-0.2, -0.15) is 0 Å². The molecule has 1 heterocycles. The molecule has 6 heteroatoms. The summed E-state index contributed by atoms with van der Waals surface area (Å²) in [6.45, 7) is 5.21. The Hall–Kier alpha value is -2.73. The highest BCUT2D eigenvalue weighted by Gasteiger charge is 2.19. The van der Waals surface area contributed by atoms with Gasteiger partial charge in [-0.15, -0.1) is 0 Å². The molecule has 0 radical (unpaired) electrons. The van der Waals surface area contributed by atoms with E-state index in [4.69, 9.17) is 14.2 Å². The summed E-state index contributed by atoms with van der Waals surface area (Å²) in [7, 11) is 3.26. The van der Waals surface area contributed by atoms with Crippen LogP contribution in [0.1, 0.15) is 16.8 Å². The molecule has 1 aliphatic heterocycles. The van der Waals surface area contributed by atoms with Crippen molar-refractivity contribution in [2.75, 3.05) is 58.5 Å². The molecule has 2 aromatic carbocycles. The van der Waals surface area contributed by atoms with Gasteiger partial charge in [-0.3, -0.25) is 4.90 Å². The topological polar surface area (TPSA) is 51.2 Å². The molecule has 0 aromatic heterocycles. The second-order valence-corrected chi connectivity index (χ2v) is 6.69. The third-order valence-electron chi connectivity index (χ3n) is 4.98. The Morgan fingerprint density at radius 2 is 1.54 bits per heavy atom. The minimum absolute atomic E-state index is 0.335. The smallest absolute Gasteiger partial charge is 0.341 e. The maximum Gasteiger partial charge on any atom is 0.341 e.